The van der Waals surface area contributed by atoms with Crippen molar-refractivity contribution in [2.75, 3.05) is 0 Å². The van der Waals surface area contributed by atoms with E-state index >= 15 is 0 Å². The SMILES string of the molecule is O=[P].[Ti].[Ti]. The largest absolute Gasteiger partial charge is 0.261 e. The third kappa shape index (κ3) is 9.66. The maximum absolute atomic E-state index is 7.94. The molecule has 0 atom stereocenters. The van der Waals surface area contributed by atoms with Crippen LogP contribution in [0.5, 0.6) is 0 Å². The third-order valence-electron chi connectivity index (χ3n) is 0. The molecule has 0 spiro atoms. The van der Waals surface area contributed by atoms with E-state index in [1.165, 1.54) is 0 Å². The van der Waals surface area contributed by atoms with Gasteiger partial charge in [0.1, 0.15) is 0 Å². The first kappa shape index (κ1) is 17.7. The van der Waals surface area contributed by atoms with Crippen LogP contribution in [-0.4, -0.2) is 0 Å². The van der Waals surface area contributed by atoms with Crippen LogP contribution in [0.4, 0.5) is 0 Å². The Kier molecular flexibility index (Phi) is 107. The second kappa shape index (κ2) is 24.1. The van der Waals surface area contributed by atoms with E-state index in [1.54, 1.807) is 0 Å². The molecule has 19 valence electrons. The molecule has 0 aliphatic carbocycles. The fourth-order valence-electron chi connectivity index (χ4n) is 0. The van der Waals surface area contributed by atoms with Crippen LogP contribution < -0.4 is 0 Å². The van der Waals surface area contributed by atoms with Gasteiger partial charge in [0.25, 0.3) is 9.12 Å². The molecule has 4 heavy (non-hydrogen) atoms. The standard InChI is InChI=1S/OP.2Ti/c1-2;;. The van der Waals surface area contributed by atoms with E-state index in [0.717, 1.165) is 0 Å². The van der Waals surface area contributed by atoms with Crippen LogP contribution in [-0.2, 0) is 48.0 Å². The molecule has 0 rings (SSSR count). The molecule has 0 aromatic carbocycles. The molecule has 0 unspecified atom stereocenters. The molecule has 0 saturated carbocycles. The minimum atomic E-state index is 0. The van der Waals surface area contributed by atoms with E-state index in [9.17, 15) is 0 Å². The van der Waals surface area contributed by atoms with Crippen molar-refractivity contribution in [2.24, 2.45) is 0 Å². The van der Waals surface area contributed by atoms with Crippen LogP contribution in [0.1, 0.15) is 0 Å². The van der Waals surface area contributed by atoms with E-state index in [2.05, 4.69) is 9.12 Å². The molecule has 4 heteroatoms. The van der Waals surface area contributed by atoms with Gasteiger partial charge >= 0.3 is 0 Å². The minimum Gasteiger partial charge on any atom is -0.261 e. The average Bonchev–Trinajstić information content (AvgIpc) is 1.00. The summed E-state index contributed by atoms with van der Waals surface area (Å²) in [6, 6.07) is 0. The molecule has 0 bridgehead atoms. The monoisotopic (exact) mass is 143 g/mol. The van der Waals surface area contributed by atoms with Crippen LogP contribution in [0.15, 0.2) is 0 Å². The van der Waals surface area contributed by atoms with E-state index in [1.807, 2.05) is 0 Å². The molecule has 0 saturated heterocycles. The zero-order valence-electron chi connectivity index (χ0n) is 1.86. The molecule has 0 heterocycles. The molecule has 0 aliphatic rings. The summed E-state index contributed by atoms with van der Waals surface area (Å²) in [5.74, 6) is 0. The van der Waals surface area contributed by atoms with Crippen molar-refractivity contribution >= 4 is 9.12 Å². The quantitative estimate of drug-likeness (QED) is 0.360. The van der Waals surface area contributed by atoms with Crippen molar-refractivity contribution in [2.45, 2.75) is 0 Å². The summed E-state index contributed by atoms with van der Waals surface area (Å²) >= 11 is 0. The van der Waals surface area contributed by atoms with Gasteiger partial charge in [0.2, 0.25) is 0 Å². The Hall–Kier alpha value is 1.53. The fraction of sp³-hybridized carbons (Fsp3) is 0. The second-order valence-electron chi connectivity index (χ2n) is 0. The summed E-state index contributed by atoms with van der Waals surface area (Å²) in [6.45, 7) is 0. The van der Waals surface area contributed by atoms with Gasteiger partial charge in [-0.3, -0.25) is 4.57 Å². The van der Waals surface area contributed by atoms with Gasteiger partial charge in [-0.25, -0.2) is 0 Å². The van der Waals surface area contributed by atoms with Gasteiger partial charge in [-0.1, -0.05) is 0 Å². The van der Waals surface area contributed by atoms with Crippen molar-refractivity contribution in [1.82, 2.24) is 0 Å². The van der Waals surface area contributed by atoms with Crippen LogP contribution >= 0.6 is 9.12 Å². The van der Waals surface area contributed by atoms with E-state index in [-0.39, 0.29) is 43.4 Å². The van der Waals surface area contributed by atoms with Gasteiger partial charge in [-0.2, -0.15) is 0 Å². The number of hydrogen-bond acceptors (Lipinski definition) is 1. The first-order valence-electron chi connectivity index (χ1n) is 0.183. The molecule has 0 aromatic rings. The van der Waals surface area contributed by atoms with Crippen molar-refractivity contribution in [3.8, 4) is 0 Å². The summed E-state index contributed by atoms with van der Waals surface area (Å²) in [5, 5.41) is 0. The summed E-state index contributed by atoms with van der Waals surface area (Å²) in [5.41, 5.74) is 0. The topological polar surface area (TPSA) is 17.1 Å². The Labute approximate surface area is 56.9 Å². The van der Waals surface area contributed by atoms with E-state index < -0.39 is 0 Å². The summed E-state index contributed by atoms with van der Waals surface area (Å²) in [6.07, 6.45) is 0. The first-order chi connectivity index (χ1) is 1.00. The molecule has 0 aromatic heterocycles. The molecule has 0 N–H and O–H groups in total. The third-order valence-corrected chi connectivity index (χ3v) is 0. The molecule has 1 radical (unpaired) electrons. The summed E-state index contributed by atoms with van der Waals surface area (Å²) < 4.78 is 7.94. The smallest absolute Gasteiger partial charge is 0.261 e. The number of rotatable bonds is 0. The Balaban J connectivity index is -0.00000000500. The van der Waals surface area contributed by atoms with E-state index in [0.29, 0.717) is 0 Å². The maximum Gasteiger partial charge on any atom is 0.261 e. The maximum atomic E-state index is 7.94. The Morgan fingerprint density at radius 1 is 1.00 bits per heavy atom. The first-order valence-corrected chi connectivity index (χ1v) is 0.548. The molecule has 0 fully saturated rings. The van der Waals surface area contributed by atoms with Crippen molar-refractivity contribution in [1.29, 1.82) is 0 Å². The van der Waals surface area contributed by atoms with Crippen molar-refractivity contribution in [3.05, 3.63) is 0 Å². The summed E-state index contributed by atoms with van der Waals surface area (Å²) in [4.78, 5) is 0. The molecular formula is OPTi2. The normalized spacial score (nSPS) is 1.00. The van der Waals surface area contributed by atoms with Crippen molar-refractivity contribution in [3.63, 3.8) is 0 Å². The second-order valence-corrected chi connectivity index (χ2v) is 0. The minimum absolute atomic E-state index is 0. The van der Waals surface area contributed by atoms with Crippen LogP contribution in [0.3, 0.4) is 0 Å². The van der Waals surface area contributed by atoms with Crippen LogP contribution in [0, 0.1) is 0 Å². The molecule has 0 amide bonds. The van der Waals surface area contributed by atoms with Gasteiger partial charge in [-0.05, 0) is 0 Å². The Bertz CT molecular complexity index is 6.00. The van der Waals surface area contributed by atoms with Gasteiger partial charge < -0.3 is 0 Å². The molecule has 0 aliphatic heterocycles. The van der Waals surface area contributed by atoms with Gasteiger partial charge in [0, 0.05) is 43.4 Å². The van der Waals surface area contributed by atoms with Gasteiger partial charge in [0.15, 0.2) is 0 Å². The Morgan fingerprint density at radius 2 is 1.00 bits per heavy atom. The average molecular weight is 143 g/mol. The molecular weight excluding hydrogens is 143 g/mol. The number of hydrogen-bond donors (Lipinski definition) is 0. The fourth-order valence-corrected chi connectivity index (χ4v) is 0. The van der Waals surface area contributed by atoms with E-state index in [4.69, 9.17) is 4.57 Å². The van der Waals surface area contributed by atoms with Gasteiger partial charge in [0.05, 0.1) is 0 Å². The van der Waals surface area contributed by atoms with Crippen LogP contribution in [0.25, 0.3) is 0 Å². The van der Waals surface area contributed by atoms with Gasteiger partial charge in [-0.15, -0.1) is 0 Å². The van der Waals surface area contributed by atoms with Crippen LogP contribution in [0.2, 0.25) is 0 Å². The summed E-state index contributed by atoms with van der Waals surface area (Å²) in [7, 11) is 2.28. The zero-order chi connectivity index (χ0) is 2.00. The zero-order valence-corrected chi connectivity index (χ0v) is 5.87. The van der Waals surface area contributed by atoms with Crippen molar-refractivity contribution < 1.29 is 48.0 Å². The predicted octanol–water partition coefficient (Wildman–Crippen LogP) is 0.737. The Morgan fingerprint density at radius 3 is 1.00 bits per heavy atom. The predicted molar refractivity (Wildman–Crippen MR) is 7.61 cm³/mol. The molecule has 1 nitrogen and oxygen atoms in total.